The smallest absolute Gasteiger partial charge is 0.241 e. The summed E-state index contributed by atoms with van der Waals surface area (Å²) in [5.41, 5.74) is 6.07. The first-order valence-electron chi connectivity index (χ1n) is 6.36. The third-order valence-corrected chi connectivity index (χ3v) is 3.30. The lowest BCUT2D eigenvalue weighted by molar-refractivity contribution is -0.122. The van der Waals surface area contributed by atoms with Crippen LogP contribution in [0.15, 0.2) is 12.4 Å². The van der Waals surface area contributed by atoms with Gasteiger partial charge in [0.15, 0.2) is 0 Å². The van der Waals surface area contributed by atoms with Gasteiger partial charge in [0.25, 0.3) is 0 Å². The molecule has 0 aliphatic heterocycles. The lowest BCUT2D eigenvalue weighted by Gasteiger charge is -2.25. The van der Waals surface area contributed by atoms with E-state index in [9.17, 15) is 9.90 Å². The molecule has 1 amide bonds. The van der Waals surface area contributed by atoms with Crippen LogP contribution in [0.25, 0.3) is 0 Å². The zero-order valence-electron chi connectivity index (χ0n) is 10.4. The summed E-state index contributed by atoms with van der Waals surface area (Å²) in [6.45, 7) is 0.819. The topological polar surface area (TPSA) is 93.2 Å². The quantitative estimate of drug-likeness (QED) is 0.710. The van der Waals surface area contributed by atoms with Crippen molar-refractivity contribution >= 4 is 11.6 Å². The Morgan fingerprint density at radius 2 is 2.44 bits per heavy atom. The van der Waals surface area contributed by atoms with E-state index in [-0.39, 0.29) is 18.6 Å². The molecule has 18 heavy (non-hydrogen) atoms. The summed E-state index contributed by atoms with van der Waals surface area (Å²) in [5.74, 6) is 0.318. The molecule has 1 fully saturated rings. The number of nitrogens with two attached hydrogens (primary N) is 1. The average molecular weight is 252 g/mol. The Morgan fingerprint density at radius 3 is 3.11 bits per heavy atom. The van der Waals surface area contributed by atoms with Crippen molar-refractivity contribution in [1.82, 2.24) is 15.1 Å². The van der Waals surface area contributed by atoms with E-state index in [2.05, 4.69) is 10.4 Å². The Morgan fingerprint density at radius 1 is 1.61 bits per heavy atom. The molecule has 2 atom stereocenters. The Hall–Kier alpha value is -1.56. The molecule has 0 bridgehead atoms. The summed E-state index contributed by atoms with van der Waals surface area (Å²) in [5, 5.41) is 16.4. The van der Waals surface area contributed by atoms with E-state index in [4.69, 9.17) is 5.73 Å². The maximum absolute atomic E-state index is 11.7. The number of anilines is 1. The standard InChI is InChI=1S/C12H20N4O2/c13-10-6-15-16(7-10)8-12(18)14-5-9-2-1-3-11(17)4-9/h6-7,9,11,17H,1-5,8,13H2,(H,14,18). The van der Waals surface area contributed by atoms with Crippen molar-refractivity contribution in [3.63, 3.8) is 0 Å². The predicted molar refractivity (Wildman–Crippen MR) is 67.6 cm³/mol. The van der Waals surface area contributed by atoms with E-state index < -0.39 is 0 Å². The maximum Gasteiger partial charge on any atom is 0.241 e. The largest absolute Gasteiger partial charge is 0.396 e. The molecule has 100 valence electrons. The van der Waals surface area contributed by atoms with Gasteiger partial charge in [0.05, 0.1) is 18.0 Å². The summed E-state index contributed by atoms with van der Waals surface area (Å²) < 4.78 is 1.51. The molecule has 1 aliphatic rings. The highest BCUT2D eigenvalue weighted by molar-refractivity contribution is 5.75. The lowest BCUT2D eigenvalue weighted by atomic mass is 9.87. The van der Waals surface area contributed by atoms with Gasteiger partial charge in [-0.3, -0.25) is 9.48 Å². The second kappa shape index (κ2) is 5.86. The molecular formula is C12H20N4O2. The number of amides is 1. The Bertz CT molecular complexity index is 405. The number of rotatable bonds is 4. The lowest BCUT2D eigenvalue weighted by Crippen LogP contribution is -2.34. The number of aliphatic hydroxyl groups excluding tert-OH is 1. The van der Waals surface area contributed by atoms with E-state index >= 15 is 0 Å². The van der Waals surface area contributed by atoms with Crippen LogP contribution in [0.5, 0.6) is 0 Å². The summed E-state index contributed by atoms with van der Waals surface area (Å²) in [6.07, 6.45) is 6.73. The number of nitrogens with zero attached hydrogens (tertiary/aromatic N) is 2. The summed E-state index contributed by atoms with van der Waals surface area (Å²) in [7, 11) is 0. The molecule has 1 saturated carbocycles. The van der Waals surface area contributed by atoms with Gasteiger partial charge in [-0.1, -0.05) is 6.42 Å². The van der Waals surface area contributed by atoms with Gasteiger partial charge in [0.1, 0.15) is 6.54 Å². The molecule has 4 N–H and O–H groups in total. The Labute approximate surface area is 106 Å². The molecule has 2 unspecified atom stereocenters. The Kier molecular flexibility index (Phi) is 4.19. The van der Waals surface area contributed by atoms with E-state index in [0.717, 1.165) is 25.7 Å². The van der Waals surface area contributed by atoms with E-state index in [1.54, 1.807) is 6.20 Å². The first kappa shape index (κ1) is 12.9. The Balaban J connectivity index is 1.71. The van der Waals surface area contributed by atoms with Crippen LogP contribution >= 0.6 is 0 Å². The van der Waals surface area contributed by atoms with Crippen LogP contribution in [-0.4, -0.2) is 33.4 Å². The van der Waals surface area contributed by atoms with Crippen molar-refractivity contribution in [1.29, 1.82) is 0 Å². The normalized spacial score (nSPS) is 23.8. The van der Waals surface area contributed by atoms with Gasteiger partial charge in [-0.25, -0.2) is 0 Å². The molecule has 1 heterocycles. The zero-order chi connectivity index (χ0) is 13.0. The minimum absolute atomic E-state index is 0.0711. The van der Waals surface area contributed by atoms with E-state index in [0.29, 0.717) is 18.2 Å². The summed E-state index contributed by atoms with van der Waals surface area (Å²) in [4.78, 5) is 11.7. The molecule has 1 aromatic heterocycles. The van der Waals surface area contributed by atoms with Gasteiger partial charge in [0.2, 0.25) is 5.91 Å². The molecule has 0 spiro atoms. The second-order valence-electron chi connectivity index (χ2n) is 4.96. The fourth-order valence-corrected chi connectivity index (χ4v) is 2.38. The van der Waals surface area contributed by atoms with Crippen LogP contribution in [0.2, 0.25) is 0 Å². The van der Waals surface area contributed by atoms with E-state index in [1.165, 1.54) is 10.9 Å². The van der Waals surface area contributed by atoms with Crippen molar-refractivity contribution in [2.75, 3.05) is 12.3 Å². The second-order valence-corrected chi connectivity index (χ2v) is 4.96. The highest BCUT2D eigenvalue weighted by Crippen LogP contribution is 2.23. The van der Waals surface area contributed by atoms with Gasteiger partial charge >= 0.3 is 0 Å². The predicted octanol–water partition coefficient (Wildman–Crippen LogP) is 0.133. The van der Waals surface area contributed by atoms with Crippen molar-refractivity contribution in [3.8, 4) is 0 Å². The van der Waals surface area contributed by atoms with Gasteiger partial charge in [-0.05, 0) is 25.2 Å². The number of carbonyl (C=O) groups excluding carboxylic acids is 1. The SMILES string of the molecule is Nc1cnn(CC(=O)NCC2CCCC(O)C2)c1. The molecule has 2 rings (SSSR count). The van der Waals surface area contributed by atoms with Crippen LogP contribution in [0.1, 0.15) is 25.7 Å². The minimum Gasteiger partial charge on any atom is -0.396 e. The first-order chi connectivity index (χ1) is 8.63. The van der Waals surface area contributed by atoms with Crippen LogP contribution in [-0.2, 0) is 11.3 Å². The van der Waals surface area contributed by atoms with Gasteiger partial charge in [0, 0.05) is 12.7 Å². The number of nitrogens with one attached hydrogen (secondary N) is 1. The number of aliphatic hydroxyl groups is 1. The van der Waals surface area contributed by atoms with E-state index in [1.807, 2.05) is 0 Å². The fraction of sp³-hybridized carbons (Fsp3) is 0.667. The average Bonchev–Trinajstić information content (AvgIpc) is 2.72. The molecule has 0 saturated heterocycles. The number of nitrogen functional groups attached to an aromatic ring is 1. The van der Waals surface area contributed by atoms with Crippen molar-refractivity contribution in [2.24, 2.45) is 5.92 Å². The molecule has 6 nitrogen and oxygen atoms in total. The minimum atomic E-state index is -0.202. The van der Waals surface area contributed by atoms with Gasteiger partial charge in [-0.15, -0.1) is 0 Å². The molecule has 6 heteroatoms. The van der Waals surface area contributed by atoms with Crippen LogP contribution < -0.4 is 11.1 Å². The number of hydrogen-bond acceptors (Lipinski definition) is 4. The highest BCUT2D eigenvalue weighted by Gasteiger charge is 2.20. The van der Waals surface area contributed by atoms with Crippen LogP contribution in [0, 0.1) is 5.92 Å². The number of hydrogen-bond donors (Lipinski definition) is 3. The van der Waals surface area contributed by atoms with Gasteiger partial charge in [-0.2, -0.15) is 5.10 Å². The highest BCUT2D eigenvalue weighted by atomic mass is 16.3. The summed E-state index contributed by atoms with van der Waals surface area (Å²) >= 11 is 0. The third-order valence-electron chi connectivity index (χ3n) is 3.30. The number of aromatic nitrogens is 2. The monoisotopic (exact) mass is 252 g/mol. The fourth-order valence-electron chi connectivity index (χ4n) is 2.38. The first-order valence-corrected chi connectivity index (χ1v) is 6.36. The molecule has 1 aromatic rings. The zero-order valence-corrected chi connectivity index (χ0v) is 10.4. The van der Waals surface area contributed by atoms with Crippen LogP contribution in [0.4, 0.5) is 5.69 Å². The van der Waals surface area contributed by atoms with Crippen LogP contribution in [0.3, 0.4) is 0 Å². The van der Waals surface area contributed by atoms with Crippen molar-refractivity contribution in [3.05, 3.63) is 12.4 Å². The van der Waals surface area contributed by atoms with Crippen molar-refractivity contribution < 1.29 is 9.90 Å². The third kappa shape index (κ3) is 3.73. The molecular weight excluding hydrogens is 232 g/mol. The molecule has 0 aromatic carbocycles. The summed E-state index contributed by atoms with van der Waals surface area (Å²) in [6, 6.07) is 0. The molecule has 0 radical (unpaired) electrons. The number of carbonyl (C=O) groups is 1. The maximum atomic E-state index is 11.7. The molecule has 1 aliphatic carbocycles. The van der Waals surface area contributed by atoms with Crippen molar-refractivity contribution in [2.45, 2.75) is 38.3 Å². The van der Waals surface area contributed by atoms with Gasteiger partial charge < -0.3 is 16.2 Å².